The normalized spacial score (nSPS) is 18.9. The van der Waals surface area contributed by atoms with Gasteiger partial charge in [-0.2, -0.15) is 0 Å². The Hall–Kier alpha value is -1.77. The summed E-state index contributed by atoms with van der Waals surface area (Å²) in [6.45, 7) is 0.569. The molecular weight excluding hydrogens is 290 g/mol. The Morgan fingerprint density at radius 1 is 1.70 bits per heavy atom. The van der Waals surface area contributed by atoms with Crippen molar-refractivity contribution in [1.29, 1.82) is 0 Å². The van der Waals surface area contributed by atoms with Crippen LogP contribution in [0.5, 0.6) is 0 Å². The molecule has 1 N–H and O–H groups in total. The first-order chi connectivity index (χ1) is 9.54. The van der Waals surface area contributed by atoms with Gasteiger partial charge in [0.1, 0.15) is 11.3 Å². The Balaban J connectivity index is 2.32. The summed E-state index contributed by atoms with van der Waals surface area (Å²) in [6, 6.07) is 0.591. The van der Waals surface area contributed by atoms with Crippen LogP contribution in [0.15, 0.2) is 12.3 Å². The van der Waals surface area contributed by atoms with Crippen LogP contribution in [0.2, 0.25) is 5.15 Å². The molecule has 2 heterocycles. The van der Waals surface area contributed by atoms with E-state index in [1.54, 1.807) is 0 Å². The van der Waals surface area contributed by atoms with Crippen LogP contribution in [0.25, 0.3) is 0 Å². The van der Waals surface area contributed by atoms with Crippen molar-refractivity contribution < 1.29 is 19.6 Å². The smallest absolute Gasteiger partial charge is 0.288 e. The second-order valence-electron chi connectivity index (χ2n) is 4.20. The third kappa shape index (κ3) is 2.87. The highest BCUT2D eigenvalue weighted by Gasteiger charge is 2.30. The van der Waals surface area contributed by atoms with Crippen molar-refractivity contribution in [2.24, 2.45) is 0 Å². The highest BCUT2D eigenvalue weighted by atomic mass is 35.5. The minimum atomic E-state index is -0.650. The van der Waals surface area contributed by atoms with Gasteiger partial charge in [0.25, 0.3) is 11.6 Å². The number of pyridine rings is 1. The molecule has 0 bridgehead atoms. The van der Waals surface area contributed by atoms with Crippen molar-refractivity contribution in [3.05, 3.63) is 33.1 Å². The van der Waals surface area contributed by atoms with Crippen molar-refractivity contribution in [1.82, 2.24) is 9.88 Å². The molecule has 1 saturated heterocycles. The lowest BCUT2D eigenvalue weighted by atomic mass is 10.1. The number of aromatic nitrogens is 1. The molecule has 20 heavy (non-hydrogen) atoms. The van der Waals surface area contributed by atoms with Crippen LogP contribution >= 0.6 is 11.6 Å². The van der Waals surface area contributed by atoms with Gasteiger partial charge in [-0.3, -0.25) is 14.9 Å². The van der Waals surface area contributed by atoms with Crippen LogP contribution in [-0.4, -0.2) is 58.2 Å². The number of nitrogens with zero attached hydrogens (tertiary/aromatic N) is 3. The molecule has 0 aliphatic carbocycles. The fourth-order valence-corrected chi connectivity index (χ4v) is 2.10. The zero-order valence-corrected chi connectivity index (χ0v) is 11.1. The summed E-state index contributed by atoms with van der Waals surface area (Å²) >= 11 is 5.83. The number of aliphatic hydroxyl groups is 1. The number of hydrogen-bond donors (Lipinski definition) is 1. The molecule has 1 amide bonds. The molecule has 1 fully saturated rings. The number of carbonyl (C=O) groups excluding carboxylic acids is 1. The zero-order valence-electron chi connectivity index (χ0n) is 10.4. The lowest BCUT2D eigenvalue weighted by Gasteiger charge is -2.34. The summed E-state index contributed by atoms with van der Waals surface area (Å²) < 4.78 is 5.17. The van der Waals surface area contributed by atoms with Gasteiger partial charge in [-0.1, -0.05) is 11.6 Å². The molecule has 1 aromatic heterocycles. The highest BCUT2D eigenvalue weighted by molar-refractivity contribution is 6.32. The molecule has 1 atom stereocenters. The summed E-state index contributed by atoms with van der Waals surface area (Å²) in [7, 11) is 0. The predicted octanol–water partition coefficient (Wildman–Crippen LogP) is 0.476. The molecule has 1 aromatic rings. The second kappa shape index (κ2) is 6.12. The van der Waals surface area contributed by atoms with Gasteiger partial charge < -0.3 is 14.7 Å². The van der Waals surface area contributed by atoms with Crippen LogP contribution in [0.3, 0.4) is 0 Å². The van der Waals surface area contributed by atoms with E-state index in [4.69, 9.17) is 16.3 Å². The quantitative estimate of drug-likeness (QED) is 0.494. The minimum absolute atomic E-state index is 0.0544. The van der Waals surface area contributed by atoms with Gasteiger partial charge >= 0.3 is 0 Å². The van der Waals surface area contributed by atoms with Gasteiger partial charge in [-0.25, -0.2) is 4.98 Å². The monoisotopic (exact) mass is 301 g/mol. The SMILES string of the molecule is O=C(c1cc([N+](=O)[O-])cnc1Cl)N1CCOCC1CO. The van der Waals surface area contributed by atoms with Crippen LogP contribution < -0.4 is 0 Å². The molecule has 0 radical (unpaired) electrons. The van der Waals surface area contributed by atoms with Crippen molar-refractivity contribution in [2.75, 3.05) is 26.4 Å². The lowest BCUT2D eigenvalue weighted by molar-refractivity contribution is -0.385. The Morgan fingerprint density at radius 2 is 2.45 bits per heavy atom. The fourth-order valence-electron chi connectivity index (χ4n) is 1.92. The number of carbonyl (C=O) groups is 1. The van der Waals surface area contributed by atoms with Crippen molar-refractivity contribution in [2.45, 2.75) is 6.04 Å². The van der Waals surface area contributed by atoms with Gasteiger partial charge in [-0.15, -0.1) is 0 Å². The number of nitro groups is 1. The van der Waals surface area contributed by atoms with Crippen molar-refractivity contribution in [3.8, 4) is 0 Å². The van der Waals surface area contributed by atoms with Gasteiger partial charge in [0.15, 0.2) is 0 Å². The highest BCUT2D eigenvalue weighted by Crippen LogP contribution is 2.22. The summed E-state index contributed by atoms with van der Waals surface area (Å²) in [4.78, 5) is 27.5. The van der Waals surface area contributed by atoms with Gasteiger partial charge in [0.2, 0.25) is 0 Å². The van der Waals surface area contributed by atoms with Crippen molar-refractivity contribution in [3.63, 3.8) is 0 Å². The molecule has 0 spiro atoms. The van der Waals surface area contributed by atoms with Crippen LogP contribution in [0.4, 0.5) is 5.69 Å². The Morgan fingerprint density at radius 3 is 3.10 bits per heavy atom. The van der Waals surface area contributed by atoms with Gasteiger partial charge in [0.05, 0.1) is 36.3 Å². The first-order valence-electron chi connectivity index (χ1n) is 5.84. The lowest BCUT2D eigenvalue weighted by Crippen LogP contribution is -2.50. The standard InChI is InChI=1S/C11H12ClN3O5/c12-10-9(3-7(4-13-10)15(18)19)11(17)14-1-2-20-6-8(14)5-16/h3-4,8,16H,1-2,5-6H2. The Labute approximate surface area is 119 Å². The number of ether oxygens (including phenoxy) is 1. The van der Waals surface area contributed by atoms with E-state index in [9.17, 15) is 20.0 Å². The molecule has 1 aliphatic rings. The molecule has 9 heteroatoms. The molecule has 108 valence electrons. The van der Waals surface area contributed by atoms with Gasteiger partial charge in [0, 0.05) is 12.6 Å². The van der Waals surface area contributed by atoms with E-state index in [2.05, 4.69) is 4.98 Å². The number of morpholine rings is 1. The molecule has 0 saturated carbocycles. The third-order valence-electron chi connectivity index (χ3n) is 2.97. The molecular formula is C11H12ClN3O5. The van der Waals surface area contributed by atoms with Gasteiger partial charge in [-0.05, 0) is 0 Å². The summed E-state index contributed by atoms with van der Waals surface area (Å²) in [5.74, 6) is -0.506. The Bertz CT molecular complexity index is 539. The summed E-state index contributed by atoms with van der Waals surface area (Å²) in [5.41, 5.74) is -0.368. The van der Waals surface area contributed by atoms with E-state index >= 15 is 0 Å². The average molecular weight is 302 g/mol. The van der Waals surface area contributed by atoms with Crippen LogP contribution in [-0.2, 0) is 4.74 Å². The van der Waals surface area contributed by atoms with E-state index in [1.807, 2.05) is 0 Å². The molecule has 1 aliphatic heterocycles. The molecule has 8 nitrogen and oxygen atoms in total. The number of rotatable bonds is 3. The Kier molecular flexibility index (Phi) is 4.48. The van der Waals surface area contributed by atoms with E-state index in [1.165, 1.54) is 4.90 Å². The maximum Gasteiger partial charge on any atom is 0.288 e. The fraction of sp³-hybridized carbons (Fsp3) is 0.455. The number of amides is 1. The minimum Gasteiger partial charge on any atom is -0.394 e. The third-order valence-corrected chi connectivity index (χ3v) is 3.27. The topological polar surface area (TPSA) is 106 Å². The molecule has 0 aromatic carbocycles. The predicted molar refractivity (Wildman–Crippen MR) is 68.6 cm³/mol. The molecule has 1 unspecified atom stereocenters. The number of aliphatic hydroxyl groups excluding tert-OH is 1. The first-order valence-corrected chi connectivity index (χ1v) is 6.22. The van der Waals surface area contributed by atoms with Crippen LogP contribution in [0, 0.1) is 10.1 Å². The average Bonchev–Trinajstić information content (AvgIpc) is 2.46. The molecule has 2 rings (SSSR count). The van der Waals surface area contributed by atoms with E-state index in [0.717, 1.165) is 12.3 Å². The summed E-state index contributed by atoms with van der Waals surface area (Å²) in [5, 5.41) is 19.9. The zero-order chi connectivity index (χ0) is 14.7. The largest absolute Gasteiger partial charge is 0.394 e. The van der Waals surface area contributed by atoms with Crippen LogP contribution in [0.1, 0.15) is 10.4 Å². The first kappa shape index (κ1) is 14.6. The van der Waals surface area contributed by atoms with E-state index < -0.39 is 16.9 Å². The van der Waals surface area contributed by atoms with Crippen molar-refractivity contribution >= 4 is 23.2 Å². The summed E-state index contributed by atoms with van der Waals surface area (Å²) in [6.07, 6.45) is 0.988. The maximum atomic E-state index is 12.4. The number of halogens is 1. The second-order valence-corrected chi connectivity index (χ2v) is 4.56. The maximum absolute atomic E-state index is 12.4. The van der Waals surface area contributed by atoms with E-state index in [-0.39, 0.29) is 36.2 Å². The van der Waals surface area contributed by atoms with E-state index in [0.29, 0.717) is 6.61 Å². The number of hydrogen-bond acceptors (Lipinski definition) is 6.